The van der Waals surface area contributed by atoms with Gasteiger partial charge >= 0.3 is 0 Å². The Labute approximate surface area is 56.9 Å². The van der Waals surface area contributed by atoms with Crippen molar-refractivity contribution in [2.24, 2.45) is 0 Å². The fraction of sp³-hybridized carbons (Fsp3) is 0.167. The van der Waals surface area contributed by atoms with E-state index < -0.39 is 0 Å². The molecule has 50 valence electrons. The van der Waals surface area contributed by atoms with Gasteiger partial charge < -0.3 is 4.42 Å². The van der Waals surface area contributed by atoms with Gasteiger partial charge in [0.1, 0.15) is 17.6 Å². The molecule has 2 rings (SSSR count). The highest BCUT2D eigenvalue weighted by atomic mass is 16.3. The lowest BCUT2D eigenvalue weighted by Gasteiger charge is -1.79. The lowest BCUT2D eigenvalue weighted by molar-refractivity contribution is 0.561. The predicted molar refractivity (Wildman–Crippen MR) is 34.3 cm³/mol. The summed E-state index contributed by atoms with van der Waals surface area (Å²) in [5.74, 6) is 0.808. The SMILES string of the molecule is Cc1cc2ncnnc2o1. The molecule has 4 heteroatoms. The molecule has 0 amide bonds. The van der Waals surface area contributed by atoms with Crippen LogP contribution in [-0.2, 0) is 0 Å². The van der Waals surface area contributed by atoms with Crippen LogP contribution < -0.4 is 0 Å². The van der Waals surface area contributed by atoms with E-state index in [2.05, 4.69) is 15.2 Å². The average molecular weight is 135 g/mol. The van der Waals surface area contributed by atoms with Crippen LogP contribution in [0, 0.1) is 6.92 Å². The number of rotatable bonds is 0. The van der Waals surface area contributed by atoms with Gasteiger partial charge in [0, 0.05) is 6.07 Å². The maximum Gasteiger partial charge on any atom is 0.264 e. The Balaban J connectivity index is 2.88. The highest BCUT2D eigenvalue weighted by molar-refractivity contribution is 5.67. The maximum absolute atomic E-state index is 5.13. The van der Waals surface area contributed by atoms with Crippen LogP contribution in [0.3, 0.4) is 0 Å². The molecule has 0 bridgehead atoms. The molecule has 0 aliphatic rings. The zero-order valence-electron chi connectivity index (χ0n) is 5.40. The molecule has 0 saturated carbocycles. The number of hydrogen-bond donors (Lipinski definition) is 0. The number of nitrogens with zero attached hydrogens (tertiary/aromatic N) is 3. The van der Waals surface area contributed by atoms with Crippen molar-refractivity contribution in [3.05, 3.63) is 18.2 Å². The maximum atomic E-state index is 5.13. The van der Waals surface area contributed by atoms with Crippen LogP contribution in [-0.4, -0.2) is 15.2 Å². The first-order valence-electron chi connectivity index (χ1n) is 2.90. The summed E-state index contributed by atoms with van der Waals surface area (Å²) in [6.07, 6.45) is 1.40. The Morgan fingerprint density at radius 2 is 2.40 bits per heavy atom. The Morgan fingerprint density at radius 1 is 1.50 bits per heavy atom. The number of furan rings is 1. The Bertz CT molecular complexity index is 322. The van der Waals surface area contributed by atoms with Crippen LogP contribution in [0.5, 0.6) is 0 Å². The van der Waals surface area contributed by atoms with Crippen molar-refractivity contribution in [3.63, 3.8) is 0 Å². The molecule has 0 spiro atoms. The third-order valence-corrected chi connectivity index (χ3v) is 1.21. The molecule has 10 heavy (non-hydrogen) atoms. The molecule has 0 unspecified atom stereocenters. The van der Waals surface area contributed by atoms with Crippen LogP contribution in [0.15, 0.2) is 16.8 Å². The van der Waals surface area contributed by atoms with Crippen molar-refractivity contribution in [2.45, 2.75) is 6.92 Å². The van der Waals surface area contributed by atoms with E-state index in [-0.39, 0.29) is 0 Å². The Morgan fingerprint density at radius 3 is 3.20 bits per heavy atom. The molecule has 0 fully saturated rings. The molecule has 2 heterocycles. The van der Waals surface area contributed by atoms with Gasteiger partial charge in [-0.1, -0.05) is 0 Å². The van der Waals surface area contributed by atoms with E-state index in [1.54, 1.807) is 0 Å². The van der Waals surface area contributed by atoms with E-state index in [0.29, 0.717) is 5.71 Å². The molecule has 4 nitrogen and oxygen atoms in total. The lowest BCUT2D eigenvalue weighted by atomic mass is 10.5. The minimum Gasteiger partial charge on any atom is -0.441 e. The van der Waals surface area contributed by atoms with E-state index in [4.69, 9.17) is 4.42 Å². The van der Waals surface area contributed by atoms with E-state index in [1.807, 2.05) is 13.0 Å². The van der Waals surface area contributed by atoms with Crippen molar-refractivity contribution < 1.29 is 4.42 Å². The second-order valence-electron chi connectivity index (χ2n) is 2.01. The van der Waals surface area contributed by atoms with Crippen molar-refractivity contribution in [2.75, 3.05) is 0 Å². The number of aromatic nitrogens is 3. The molecule has 0 aliphatic carbocycles. The molecule has 2 aromatic heterocycles. The van der Waals surface area contributed by atoms with E-state index in [0.717, 1.165) is 11.3 Å². The normalized spacial score (nSPS) is 10.5. The van der Waals surface area contributed by atoms with E-state index in [1.165, 1.54) is 6.33 Å². The summed E-state index contributed by atoms with van der Waals surface area (Å²) >= 11 is 0. The standard InChI is InChI=1S/C6H5N3O/c1-4-2-5-6(10-4)9-8-3-7-5/h2-3H,1H3. The smallest absolute Gasteiger partial charge is 0.264 e. The third kappa shape index (κ3) is 0.655. The van der Waals surface area contributed by atoms with Gasteiger partial charge in [0.05, 0.1) is 0 Å². The summed E-state index contributed by atoms with van der Waals surface area (Å²) in [4.78, 5) is 3.93. The average Bonchev–Trinajstić information content (AvgIpc) is 2.27. The summed E-state index contributed by atoms with van der Waals surface area (Å²) < 4.78 is 5.13. The van der Waals surface area contributed by atoms with Gasteiger partial charge in [0.2, 0.25) is 0 Å². The minimum atomic E-state index is 0.500. The lowest BCUT2D eigenvalue weighted by Crippen LogP contribution is -1.80. The molecule has 0 radical (unpaired) electrons. The summed E-state index contributed by atoms with van der Waals surface area (Å²) in [5.41, 5.74) is 1.26. The summed E-state index contributed by atoms with van der Waals surface area (Å²) in [7, 11) is 0. The molecule has 0 saturated heterocycles. The molecule has 0 atom stereocenters. The van der Waals surface area contributed by atoms with Crippen molar-refractivity contribution in [1.29, 1.82) is 0 Å². The largest absolute Gasteiger partial charge is 0.441 e. The number of aryl methyl sites for hydroxylation is 1. The first-order valence-corrected chi connectivity index (χ1v) is 2.90. The third-order valence-electron chi connectivity index (χ3n) is 1.21. The highest BCUT2D eigenvalue weighted by Gasteiger charge is 1.99. The van der Waals surface area contributed by atoms with Crippen molar-refractivity contribution in [1.82, 2.24) is 15.2 Å². The van der Waals surface area contributed by atoms with Crippen LogP contribution in [0.2, 0.25) is 0 Å². The minimum absolute atomic E-state index is 0.500. The summed E-state index contributed by atoms with van der Waals surface area (Å²) in [5, 5.41) is 7.29. The van der Waals surface area contributed by atoms with Gasteiger partial charge in [-0.05, 0) is 6.92 Å². The monoisotopic (exact) mass is 135 g/mol. The molecule has 0 aromatic carbocycles. The highest BCUT2D eigenvalue weighted by Crippen LogP contribution is 2.11. The van der Waals surface area contributed by atoms with Gasteiger partial charge in [-0.15, -0.1) is 10.2 Å². The zero-order chi connectivity index (χ0) is 6.97. The van der Waals surface area contributed by atoms with Crippen molar-refractivity contribution in [3.8, 4) is 0 Å². The molecule has 0 N–H and O–H groups in total. The molecular weight excluding hydrogens is 130 g/mol. The fourth-order valence-corrected chi connectivity index (χ4v) is 0.819. The summed E-state index contributed by atoms with van der Waals surface area (Å²) in [6.45, 7) is 1.85. The zero-order valence-corrected chi connectivity index (χ0v) is 5.40. The van der Waals surface area contributed by atoms with Gasteiger partial charge in [-0.3, -0.25) is 0 Å². The molecular formula is C6H5N3O. The fourth-order valence-electron chi connectivity index (χ4n) is 0.819. The van der Waals surface area contributed by atoms with Crippen LogP contribution >= 0.6 is 0 Å². The molecule has 2 aromatic rings. The van der Waals surface area contributed by atoms with Gasteiger partial charge in [-0.25, -0.2) is 4.98 Å². The second-order valence-corrected chi connectivity index (χ2v) is 2.01. The van der Waals surface area contributed by atoms with E-state index in [9.17, 15) is 0 Å². The first kappa shape index (κ1) is 5.34. The summed E-state index contributed by atoms with van der Waals surface area (Å²) in [6, 6.07) is 1.82. The van der Waals surface area contributed by atoms with Crippen LogP contribution in [0.25, 0.3) is 11.2 Å². The topological polar surface area (TPSA) is 51.8 Å². The van der Waals surface area contributed by atoms with Gasteiger partial charge in [0.25, 0.3) is 5.71 Å². The number of hydrogen-bond acceptors (Lipinski definition) is 4. The van der Waals surface area contributed by atoms with Gasteiger partial charge in [0.15, 0.2) is 0 Å². The second kappa shape index (κ2) is 1.76. The van der Waals surface area contributed by atoms with Crippen LogP contribution in [0.4, 0.5) is 0 Å². The Kier molecular flexibility index (Phi) is 0.943. The van der Waals surface area contributed by atoms with E-state index >= 15 is 0 Å². The Hall–Kier alpha value is -1.45. The van der Waals surface area contributed by atoms with Crippen molar-refractivity contribution >= 4 is 11.2 Å². The molecule has 0 aliphatic heterocycles. The predicted octanol–water partition coefficient (Wildman–Crippen LogP) is 0.926. The van der Waals surface area contributed by atoms with Crippen LogP contribution in [0.1, 0.15) is 5.76 Å². The first-order chi connectivity index (χ1) is 4.86. The quantitative estimate of drug-likeness (QED) is 0.539. The number of fused-ring (bicyclic) bond motifs is 1. The van der Waals surface area contributed by atoms with Gasteiger partial charge in [-0.2, -0.15) is 0 Å².